The van der Waals surface area contributed by atoms with Crippen molar-refractivity contribution in [3.63, 3.8) is 0 Å². The largest absolute Gasteiger partial charge is 0.340 e. The van der Waals surface area contributed by atoms with E-state index in [0.717, 1.165) is 51.2 Å². The van der Waals surface area contributed by atoms with Gasteiger partial charge in [0, 0.05) is 30.6 Å². The third-order valence-corrected chi connectivity index (χ3v) is 5.27. The van der Waals surface area contributed by atoms with Gasteiger partial charge in [0.05, 0.1) is 5.41 Å². The van der Waals surface area contributed by atoms with Crippen molar-refractivity contribution in [3.05, 3.63) is 0 Å². The molecule has 0 aromatic heterocycles. The number of thioether (sulfide) groups is 1. The lowest BCUT2D eigenvalue weighted by Crippen LogP contribution is -2.54. The molecule has 2 aliphatic rings. The molecule has 2 saturated heterocycles. The molecule has 2 unspecified atom stereocenters. The van der Waals surface area contributed by atoms with Gasteiger partial charge in [0.2, 0.25) is 5.91 Å². The molecule has 0 bridgehead atoms. The van der Waals surface area contributed by atoms with Crippen molar-refractivity contribution in [2.45, 2.75) is 38.4 Å². The topological polar surface area (TPSA) is 32.3 Å². The Balaban J connectivity index is 2.05. The molecule has 0 aromatic carbocycles. The van der Waals surface area contributed by atoms with Crippen molar-refractivity contribution in [2.24, 2.45) is 5.41 Å². The molecule has 0 saturated carbocycles. The maximum Gasteiger partial charge on any atom is 0.230 e. The van der Waals surface area contributed by atoms with Crippen molar-refractivity contribution >= 4 is 17.7 Å². The fourth-order valence-electron chi connectivity index (χ4n) is 2.94. The van der Waals surface area contributed by atoms with Crippen LogP contribution in [0.3, 0.4) is 0 Å². The molecule has 2 fully saturated rings. The van der Waals surface area contributed by atoms with Crippen LogP contribution in [-0.4, -0.2) is 48.0 Å². The van der Waals surface area contributed by atoms with Crippen LogP contribution in [0.2, 0.25) is 0 Å². The van der Waals surface area contributed by atoms with Gasteiger partial charge in [-0.3, -0.25) is 4.79 Å². The van der Waals surface area contributed by atoms with Gasteiger partial charge in [-0.1, -0.05) is 13.8 Å². The predicted molar refractivity (Wildman–Crippen MR) is 73.3 cm³/mol. The average Bonchev–Trinajstić information content (AvgIpc) is 2.38. The first-order chi connectivity index (χ1) is 8.18. The number of carbonyl (C=O) groups excluding carboxylic acids is 1. The van der Waals surface area contributed by atoms with E-state index in [-0.39, 0.29) is 5.41 Å². The zero-order chi connectivity index (χ0) is 12.3. The minimum absolute atomic E-state index is 0.111. The van der Waals surface area contributed by atoms with Gasteiger partial charge in [-0.15, -0.1) is 0 Å². The maximum absolute atomic E-state index is 12.7. The molecule has 17 heavy (non-hydrogen) atoms. The first-order valence-corrected chi connectivity index (χ1v) is 7.84. The Morgan fingerprint density at radius 3 is 3.00 bits per heavy atom. The molecule has 1 N–H and O–H groups in total. The van der Waals surface area contributed by atoms with Crippen molar-refractivity contribution in [2.75, 3.05) is 31.9 Å². The minimum atomic E-state index is -0.111. The molecule has 4 heteroatoms. The van der Waals surface area contributed by atoms with Crippen molar-refractivity contribution in [1.29, 1.82) is 0 Å². The van der Waals surface area contributed by atoms with Crippen LogP contribution in [0.15, 0.2) is 0 Å². The minimum Gasteiger partial charge on any atom is -0.340 e. The molecule has 2 aliphatic heterocycles. The zero-order valence-electron chi connectivity index (χ0n) is 11.0. The first-order valence-electron chi connectivity index (χ1n) is 6.80. The second-order valence-electron chi connectivity index (χ2n) is 5.35. The average molecular weight is 256 g/mol. The summed E-state index contributed by atoms with van der Waals surface area (Å²) in [6.07, 6.45) is 3.17. The summed E-state index contributed by atoms with van der Waals surface area (Å²) in [6, 6.07) is 0. The maximum atomic E-state index is 12.7. The van der Waals surface area contributed by atoms with Crippen molar-refractivity contribution in [3.8, 4) is 0 Å². The molecule has 0 aliphatic carbocycles. The van der Waals surface area contributed by atoms with Gasteiger partial charge in [0.25, 0.3) is 0 Å². The van der Waals surface area contributed by atoms with E-state index in [0.29, 0.717) is 11.2 Å². The van der Waals surface area contributed by atoms with Crippen molar-refractivity contribution in [1.82, 2.24) is 10.2 Å². The molecular weight excluding hydrogens is 232 g/mol. The summed E-state index contributed by atoms with van der Waals surface area (Å²) >= 11 is 1.98. The number of nitrogens with zero attached hydrogens (tertiary/aromatic N) is 1. The number of hydrogen-bond donors (Lipinski definition) is 1. The Morgan fingerprint density at radius 2 is 2.41 bits per heavy atom. The number of nitrogens with one attached hydrogen (secondary N) is 1. The van der Waals surface area contributed by atoms with Crippen LogP contribution >= 0.6 is 11.8 Å². The summed E-state index contributed by atoms with van der Waals surface area (Å²) < 4.78 is 0. The molecule has 2 atom stereocenters. The van der Waals surface area contributed by atoms with E-state index in [4.69, 9.17) is 0 Å². The monoisotopic (exact) mass is 256 g/mol. The summed E-state index contributed by atoms with van der Waals surface area (Å²) in [5.74, 6) is 1.50. The summed E-state index contributed by atoms with van der Waals surface area (Å²) in [5, 5.41) is 4.00. The highest BCUT2D eigenvalue weighted by Gasteiger charge is 2.41. The second kappa shape index (κ2) is 5.61. The second-order valence-corrected chi connectivity index (χ2v) is 6.89. The highest BCUT2D eigenvalue weighted by molar-refractivity contribution is 7.99. The van der Waals surface area contributed by atoms with E-state index in [1.54, 1.807) is 0 Å². The highest BCUT2D eigenvalue weighted by Crippen LogP contribution is 2.33. The zero-order valence-corrected chi connectivity index (χ0v) is 11.8. The molecular formula is C13H24N2OS. The molecule has 2 rings (SSSR count). The van der Waals surface area contributed by atoms with Gasteiger partial charge in [0.1, 0.15) is 0 Å². The number of carbonyl (C=O) groups is 1. The predicted octanol–water partition coefficient (Wildman–Crippen LogP) is 1.73. The highest BCUT2D eigenvalue weighted by atomic mass is 32.2. The van der Waals surface area contributed by atoms with Gasteiger partial charge >= 0.3 is 0 Å². The van der Waals surface area contributed by atoms with Crippen LogP contribution in [0.5, 0.6) is 0 Å². The third kappa shape index (κ3) is 2.79. The van der Waals surface area contributed by atoms with Gasteiger partial charge in [0.15, 0.2) is 0 Å². The fourth-order valence-corrected chi connectivity index (χ4v) is 3.96. The van der Waals surface area contributed by atoms with Crippen LogP contribution in [0.1, 0.15) is 33.1 Å². The Bertz CT molecular complexity index is 277. The van der Waals surface area contributed by atoms with E-state index in [1.165, 1.54) is 0 Å². The third-order valence-electron chi connectivity index (χ3n) is 4.13. The lowest BCUT2D eigenvalue weighted by molar-refractivity contribution is -0.143. The normalized spacial score (nSPS) is 34.7. The number of hydrogen-bond acceptors (Lipinski definition) is 3. The van der Waals surface area contributed by atoms with Crippen LogP contribution in [0.25, 0.3) is 0 Å². The lowest BCUT2D eigenvalue weighted by atomic mass is 9.77. The van der Waals surface area contributed by atoms with E-state index in [1.807, 2.05) is 11.8 Å². The number of amides is 1. The van der Waals surface area contributed by atoms with Gasteiger partial charge in [-0.25, -0.2) is 0 Å². The van der Waals surface area contributed by atoms with Gasteiger partial charge in [-0.05, 0) is 25.8 Å². The summed E-state index contributed by atoms with van der Waals surface area (Å²) in [5.41, 5.74) is -0.111. The summed E-state index contributed by atoms with van der Waals surface area (Å²) in [6.45, 7) is 8.21. The van der Waals surface area contributed by atoms with E-state index < -0.39 is 0 Å². The number of rotatable bonds is 2. The molecule has 3 nitrogen and oxygen atoms in total. The molecule has 0 spiro atoms. The summed E-state index contributed by atoms with van der Waals surface area (Å²) in [4.78, 5) is 14.8. The molecule has 0 aromatic rings. The Kier molecular flexibility index (Phi) is 4.36. The Hall–Kier alpha value is -0.220. The van der Waals surface area contributed by atoms with Crippen LogP contribution in [0.4, 0.5) is 0 Å². The van der Waals surface area contributed by atoms with Crippen LogP contribution in [0, 0.1) is 5.41 Å². The van der Waals surface area contributed by atoms with Crippen LogP contribution in [-0.2, 0) is 4.79 Å². The summed E-state index contributed by atoms with van der Waals surface area (Å²) in [7, 11) is 0. The number of piperidine rings is 1. The molecule has 2 heterocycles. The standard InChI is InChI=1S/C13H24N2OS/c1-3-13(5-4-6-14-10-13)12(16)15-7-8-17-11(2)9-15/h11,14H,3-10H2,1-2H3. The van der Waals surface area contributed by atoms with E-state index in [2.05, 4.69) is 24.1 Å². The SMILES string of the molecule is CCC1(C(=O)N2CCSC(C)C2)CCCNC1. The van der Waals surface area contributed by atoms with Crippen LogP contribution < -0.4 is 5.32 Å². The van der Waals surface area contributed by atoms with Gasteiger partial charge in [-0.2, -0.15) is 11.8 Å². The van der Waals surface area contributed by atoms with E-state index >= 15 is 0 Å². The Morgan fingerprint density at radius 1 is 1.59 bits per heavy atom. The smallest absolute Gasteiger partial charge is 0.230 e. The quantitative estimate of drug-likeness (QED) is 0.816. The lowest BCUT2D eigenvalue weighted by Gasteiger charge is -2.41. The first kappa shape index (κ1) is 13.2. The van der Waals surface area contributed by atoms with Gasteiger partial charge < -0.3 is 10.2 Å². The Labute approximate surface area is 109 Å². The molecule has 0 radical (unpaired) electrons. The molecule has 98 valence electrons. The fraction of sp³-hybridized carbons (Fsp3) is 0.923. The van der Waals surface area contributed by atoms with Crippen molar-refractivity contribution < 1.29 is 4.79 Å². The molecule has 1 amide bonds. The van der Waals surface area contributed by atoms with E-state index in [9.17, 15) is 4.79 Å².